The van der Waals surface area contributed by atoms with Gasteiger partial charge in [-0.15, -0.1) is 0 Å². The number of carbonyl (C=O) groups excluding carboxylic acids is 1. The van der Waals surface area contributed by atoms with E-state index in [2.05, 4.69) is 23.3 Å². The molecule has 25 heavy (non-hydrogen) atoms. The maximum Gasteiger partial charge on any atom is 0.261 e. The zero-order chi connectivity index (χ0) is 17.4. The van der Waals surface area contributed by atoms with Gasteiger partial charge in [-0.2, -0.15) is 0 Å². The largest absolute Gasteiger partial charge is 0.361 e. The van der Waals surface area contributed by atoms with Crippen LogP contribution in [-0.2, 0) is 0 Å². The Balaban J connectivity index is 1.82. The second kappa shape index (κ2) is 6.06. The van der Waals surface area contributed by atoms with Gasteiger partial charge in [0.25, 0.3) is 5.91 Å². The Morgan fingerprint density at radius 2 is 1.76 bits per heavy atom. The highest BCUT2D eigenvalue weighted by Gasteiger charge is 2.38. The highest BCUT2D eigenvalue weighted by molar-refractivity contribution is 6.11. The quantitative estimate of drug-likeness (QED) is 0.771. The van der Waals surface area contributed by atoms with Gasteiger partial charge >= 0.3 is 0 Å². The van der Waals surface area contributed by atoms with Crippen molar-refractivity contribution < 1.29 is 4.79 Å². The molecule has 0 saturated heterocycles. The molecule has 0 spiro atoms. The lowest BCUT2D eigenvalue weighted by Gasteiger charge is -2.27. The topological polar surface area (TPSA) is 45.2 Å². The SMILES string of the molecule is Cc1ccnc(N2C(=O)c3ccccc3[C@@H]2Nc2ccccc2C)c1. The Hall–Kier alpha value is -3.14. The Morgan fingerprint density at radius 3 is 2.56 bits per heavy atom. The van der Waals surface area contributed by atoms with Crippen LogP contribution < -0.4 is 10.2 Å². The fourth-order valence-corrected chi connectivity index (χ4v) is 3.23. The van der Waals surface area contributed by atoms with Crippen LogP contribution >= 0.6 is 0 Å². The van der Waals surface area contributed by atoms with Gasteiger partial charge in [-0.25, -0.2) is 4.98 Å². The molecule has 0 saturated carbocycles. The molecule has 1 atom stereocenters. The van der Waals surface area contributed by atoms with Crippen LogP contribution in [0.4, 0.5) is 11.5 Å². The Kier molecular flexibility index (Phi) is 3.73. The third kappa shape index (κ3) is 2.66. The number of aryl methyl sites for hydroxylation is 2. The minimum absolute atomic E-state index is 0.0280. The first kappa shape index (κ1) is 15.4. The molecule has 124 valence electrons. The summed E-state index contributed by atoms with van der Waals surface area (Å²) in [6.07, 6.45) is 1.46. The minimum atomic E-state index is -0.279. The monoisotopic (exact) mass is 329 g/mol. The second-order valence-corrected chi connectivity index (χ2v) is 6.32. The number of fused-ring (bicyclic) bond motifs is 1. The van der Waals surface area contributed by atoms with Crippen molar-refractivity contribution in [3.05, 3.63) is 89.1 Å². The molecule has 1 aliphatic heterocycles. The molecule has 1 aromatic heterocycles. The highest BCUT2D eigenvalue weighted by atomic mass is 16.2. The highest BCUT2D eigenvalue weighted by Crippen LogP contribution is 2.37. The van der Waals surface area contributed by atoms with Gasteiger partial charge in [0.15, 0.2) is 0 Å². The Bertz CT molecular complexity index is 951. The van der Waals surface area contributed by atoms with E-state index in [0.717, 1.165) is 27.9 Å². The van der Waals surface area contributed by atoms with Crippen molar-refractivity contribution in [3.63, 3.8) is 0 Å². The van der Waals surface area contributed by atoms with E-state index in [1.807, 2.05) is 61.5 Å². The number of benzene rings is 2. The maximum absolute atomic E-state index is 13.0. The van der Waals surface area contributed by atoms with E-state index in [0.29, 0.717) is 5.82 Å². The van der Waals surface area contributed by atoms with E-state index in [4.69, 9.17) is 0 Å². The number of nitrogens with one attached hydrogen (secondary N) is 1. The molecule has 1 aliphatic rings. The van der Waals surface area contributed by atoms with E-state index < -0.39 is 0 Å². The number of anilines is 2. The average Bonchev–Trinajstić information content (AvgIpc) is 2.90. The summed E-state index contributed by atoms with van der Waals surface area (Å²) >= 11 is 0. The lowest BCUT2D eigenvalue weighted by Crippen LogP contribution is -2.33. The summed E-state index contributed by atoms with van der Waals surface area (Å²) in [6.45, 7) is 4.06. The van der Waals surface area contributed by atoms with Gasteiger partial charge in [0.1, 0.15) is 12.0 Å². The van der Waals surface area contributed by atoms with Crippen LogP contribution in [0.1, 0.15) is 33.2 Å². The first-order valence-electron chi connectivity index (χ1n) is 8.32. The Labute approximate surface area is 147 Å². The van der Waals surface area contributed by atoms with Gasteiger partial charge in [-0.1, -0.05) is 36.4 Å². The smallest absolute Gasteiger partial charge is 0.261 e. The van der Waals surface area contributed by atoms with Crippen LogP contribution in [0.15, 0.2) is 66.9 Å². The molecule has 0 aliphatic carbocycles. The molecule has 1 amide bonds. The summed E-state index contributed by atoms with van der Waals surface area (Å²) < 4.78 is 0. The fourth-order valence-electron chi connectivity index (χ4n) is 3.23. The van der Waals surface area contributed by atoms with E-state index in [9.17, 15) is 4.79 Å². The van der Waals surface area contributed by atoms with Crippen LogP contribution in [-0.4, -0.2) is 10.9 Å². The molecular weight excluding hydrogens is 310 g/mol. The third-order valence-electron chi connectivity index (χ3n) is 4.55. The third-order valence-corrected chi connectivity index (χ3v) is 4.55. The van der Waals surface area contributed by atoms with Crippen molar-refractivity contribution in [2.45, 2.75) is 20.0 Å². The number of para-hydroxylation sites is 1. The van der Waals surface area contributed by atoms with Gasteiger partial charge in [0.05, 0.1) is 0 Å². The number of rotatable bonds is 3. The molecule has 0 radical (unpaired) electrons. The van der Waals surface area contributed by atoms with Gasteiger partial charge in [-0.05, 0) is 49.2 Å². The number of hydrogen-bond acceptors (Lipinski definition) is 3. The number of hydrogen-bond donors (Lipinski definition) is 1. The fraction of sp³-hybridized carbons (Fsp3) is 0.143. The molecule has 4 heteroatoms. The number of nitrogens with zero attached hydrogens (tertiary/aromatic N) is 2. The van der Waals surface area contributed by atoms with Crippen molar-refractivity contribution >= 4 is 17.4 Å². The Morgan fingerprint density at radius 1 is 1.00 bits per heavy atom. The summed E-state index contributed by atoms with van der Waals surface area (Å²) in [5.41, 5.74) is 4.91. The first-order valence-corrected chi connectivity index (χ1v) is 8.32. The van der Waals surface area contributed by atoms with Crippen LogP contribution in [0, 0.1) is 13.8 Å². The summed E-state index contributed by atoms with van der Waals surface area (Å²) in [7, 11) is 0. The number of carbonyl (C=O) groups is 1. The number of aromatic nitrogens is 1. The summed E-state index contributed by atoms with van der Waals surface area (Å²) in [4.78, 5) is 19.2. The van der Waals surface area contributed by atoms with Crippen LogP contribution in [0.3, 0.4) is 0 Å². The van der Waals surface area contributed by atoms with Gasteiger partial charge in [0, 0.05) is 23.0 Å². The summed E-state index contributed by atoms with van der Waals surface area (Å²) in [5, 5.41) is 3.53. The van der Waals surface area contributed by atoms with Crippen molar-refractivity contribution in [3.8, 4) is 0 Å². The van der Waals surface area contributed by atoms with E-state index >= 15 is 0 Å². The first-order chi connectivity index (χ1) is 12.1. The van der Waals surface area contributed by atoms with Gasteiger partial charge in [0.2, 0.25) is 0 Å². The lowest BCUT2D eigenvalue weighted by atomic mass is 10.1. The van der Waals surface area contributed by atoms with Crippen LogP contribution in [0.25, 0.3) is 0 Å². The minimum Gasteiger partial charge on any atom is -0.361 e. The molecule has 1 N–H and O–H groups in total. The normalized spacial score (nSPS) is 16.0. The van der Waals surface area contributed by atoms with E-state index in [1.165, 1.54) is 0 Å². The molecule has 3 aromatic rings. The molecule has 2 aromatic carbocycles. The molecular formula is C21H19N3O. The van der Waals surface area contributed by atoms with E-state index in [1.54, 1.807) is 11.1 Å². The second-order valence-electron chi connectivity index (χ2n) is 6.32. The number of pyridine rings is 1. The summed E-state index contributed by atoms with van der Waals surface area (Å²) in [5.74, 6) is 0.632. The molecule has 0 fully saturated rings. The van der Waals surface area contributed by atoms with Crippen LogP contribution in [0.2, 0.25) is 0 Å². The maximum atomic E-state index is 13.0. The lowest BCUT2D eigenvalue weighted by molar-refractivity contribution is 0.0992. The van der Waals surface area contributed by atoms with Crippen LogP contribution in [0.5, 0.6) is 0 Å². The van der Waals surface area contributed by atoms with Crippen molar-refractivity contribution in [2.24, 2.45) is 0 Å². The van der Waals surface area contributed by atoms with Gasteiger partial charge < -0.3 is 5.32 Å². The molecule has 4 nitrogen and oxygen atoms in total. The standard InChI is InChI=1S/C21H19N3O/c1-14-11-12-22-19(13-14)24-20(23-18-10-6-3-7-15(18)2)16-8-4-5-9-17(16)21(24)25/h3-13,20,23H,1-2H3/t20-/m1/s1. The van der Waals surface area contributed by atoms with Crippen molar-refractivity contribution in [1.82, 2.24) is 4.98 Å². The van der Waals surface area contributed by atoms with Crippen molar-refractivity contribution in [2.75, 3.05) is 10.2 Å². The molecule has 0 unspecified atom stereocenters. The molecule has 2 heterocycles. The predicted octanol–water partition coefficient (Wildman–Crippen LogP) is 4.47. The zero-order valence-electron chi connectivity index (χ0n) is 14.2. The molecule has 4 rings (SSSR count). The van der Waals surface area contributed by atoms with E-state index in [-0.39, 0.29) is 12.1 Å². The predicted molar refractivity (Wildman–Crippen MR) is 99.8 cm³/mol. The average molecular weight is 329 g/mol. The summed E-state index contributed by atoms with van der Waals surface area (Å²) in [6, 6.07) is 19.7. The number of amides is 1. The van der Waals surface area contributed by atoms with Crippen molar-refractivity contribution in [1.29, 1.82) is 0 Å². The molecule has 0 bridgehead atoms. The van der Waals surface area contributed by atoms with Gasteiger partial charge in [-0.3, -0.25) is 9.69 Å². The zero-order valence-corrected chi connectivity index (χ0v) is 14.2.